The SMILES string of the molecule is COc1ccc([Si]([O-])(c2ccc(OC)cc2)c2ccc(OC)cc2)cc1.[Br-].[Mg+2]. The third-order valence-electron chi connectivity index (χ3n) is 4.49. The maximum absolute atomic E-state index is 14.3. The topological polar surface area (TPSA) is 50.8 Å². The van der Waals surface area contributed by atoms with E-state index in [4.69, 9.17) is 14.2 Å². The fourth-order valence-electron chi connectivity index (χ4n) is 2.98. The third kappa shape index (κ3) is 4.90. The summed E-state index contributed by atoms with van der Waals surface area (Å²) < 4.78 is 15.7. The van der Waals surface area contributed by atoms with Crippen molar-refractivity contribution in [3.05, 3.63) is 72.8 Å². The molecule has 7 heteroatoms. The van der Waals surface area contributed by atoms with Gasteiger partial charge in [-0.05, 0) is 36.4 Å². The Balaban J connectivity index is 0.00000196. The van der Waals surface area contributed by atoms with E-state index in [-0.39, 0.29) is 40.0 Å². The van der Waals surface area contributed by atoms with Gasteiger partial charge in [-0.1, -0.05) is 52.0 Å². The summed E-state index contributed by atoms with van der Waals surface area (Å²) in [4.78, 5) is 14.3. The molecular formula is C21H21BrMgO4Si. The van der Waals surface area contributed by atoms with Crippen LogP contribution in [0.15, 0.2) is 72.8 Å². The van der Waals surface area contributed by atoms with Gasteiger partial charge in [-0.3, -0.25) is 0 Å². The maximum Gasteiger partial charge on any atom is 2.00 e. The van der Waals surface area contributed by atoms with E-state index in [1.807, 2.05) is 72.8 Å². The van der Waals surface area contributed by atoms with Crippen molar-refractivity contribution in [2.75, 3.05) is 21.3 Å². The number of ether oxygens (including phenoxy) is 3. The summed E-state index contributed by atoms with van der Waals surface area (Å²) in [5.74, 6) is 2.19. The molecule has 0 heterocycles. The molecule has 3 rings (SSSR count). The average Bonchev–Trinajstić information content (AvgIpc) is 2.73. The molecule has 0 bridgehead atoms. The molecule has 0 radical (unpaired) electrons. The standard InChI is InChI=1S/C21H21O4Si.BrH.Mg/c1-23-16-4-10-19(11-5-16)26(22,20-12-6-17(24-2)7-13-20)21-14-8-18(25-3)9-15-21;;/h4-15H,1-3H3;1H;/q-1;;+2/p-1. The average molecular weight is 470 g/mol. The van der Waals surface area contributed by atoms with E-state index in [0.717, 1.165) is 32.8 Å². The normalized spacial score (nSPS) is 10.3. The van der Waals surface area contributed by atoms with Gasteiger partial charge in [0.15, 0.2) is 0 Å². The predicted molar refractivity (Wildman–Crippen MR) is 109 cm³/mol. The summed E-state index contributed by atoms with van der Waals surface area (Å²) in [6.07, 6.45) is 0. The number of methoxy groups -OCH3 is 3. The van der Waals surface area contributed by atoms with Gasteiger partial charge in [0.25, 0.3) is 0 Å². The predicted octanol–water partition coefficient (Wildman–Crippen LogP) is -2.34. The first-order chi connectivity index (χ1) is 12.6. The van der Waals surface area contributed by atoms with Crippen molar-refractivity contribution in [2.24, 2.45) is 0 Å². The molecule has 142 valence electrons. The molecule has 0 atom stereocenters. The molecule has 0 aliphatic carbocycles. The molecule has 3 aromatic carbocycles. The molecular weight excluding hydrogens is 449 g/mol. The van der Waals surface area contributed by atoms with E-state index in [2.05, 4.69) is 0 Å². The van der Waals surface area contributed by atoms with Crippen LogP contribution in [-0.4, -0.2) is 52.7 Å². The van der Waals surface area contributed by atoms with Gasteiger partial charge in [0.1, 0.15) is 17.2 Å². The summed E-state index contributed by atoms with van der Waals surface area (Å²) in [5.41, 5.74) is 0. The van der Waals surface area contributed by atoms with Crippen molar-refractivity contribution >= 4 is 46.9 Å². The van der Waals surface area contributed by atoms with Crippen molar-refractivity contribution < 1.29 is 36.0 Å². The molecule has 4 nitrogen and oxygen atoms in total. The van der Waals surface area contributed by atoms with Gasteiger partial charge in [-0.15, -0.1) is 0 Å². The summed E-state index contributed by atoms with van der Waals surface area (Å²) in [6, 6.07) is 22.2. The molecule has 0 saturated heterocycles. The number of hydrogen-bond donors (Lipinski definition) is 0. The number of halogens is 1. The zero-order valence-electron chi connectivity index (χ0n) is 16.1. The molecule has 0 aliphatic rings. The fraction of sp³-hybridized carbons (Fsp3) is 0.143. The van der Waals surface area contributed by atoms with Crippen LogP contribution >= 0.6 is 0 Å². The summed E-state index contributed by atoms with van der Waals surface area (Å²) in [5, 5.41) is 2.32. The molecule has 0 fully saturated rings. The molecule has 0 spiro atoms. The van der Waals surface area contributed by atoms with Crippen LogP contribution in [0.3, 0.4) is 0 Å². The van der Waals surface area contributed by atoms with Crippen molar-refractivity contribution in [3.8, 4) is 17.2 Å². The van der Waals surface area contributed by atoms with Gasteiger partial charge in [-0.2, -0.15) is 0 Å². The summed E-state index contributed by atoms with van der Waals surface area (Å²) >= 11 is 0. The molecule has 0 unspecified atom stereocenters. The Kier molecular flexibility index (Phi) is 9.52. The minimum absolute atomic E-state index is 0. The van der Waals surface area contributed by atoms with Gasteiger partial charge < -0.3 is 36.0 Å². The van der Waals surface area contributed by atoms with E-state index < -0.39 is 8.32 Å². The van der Waals surface area contributed by atoms with Gasteiger partial charge in [-0.25, -0.2) is 0 Å². The number of hydrogen-bond acceptors (Lipinski definition) is 4. The Morgan fingerprint density at radius 1 is 0.536 bits per heavy atom. The smallest absolute Gasteiger partial charge is 1.00 e. The van der Waals surface area contributed by atoms with E-state index in [1.165, 1.54) is 0 Å². The zero-order valence-corrected chi connectivity index (χ0v) is 20.1. The molecule has 28 heavy (non-hydrogen) atoms. The number of rotatable bonds is 6. The van der Waals surface area contributed by atoms with Crippen LogP contribution < -0.4 is 51.5 Å². The minimum Gasteiger partial charge on any atom is -1.00 e. The Morgan fingerprint density at radius 3 is 0.929 bits per heavy atom. The van der Waals surface area contributed by atoms with Crippen LogP contribution in [0.4, 0.5) is 0 Å². The van der Waals surface area contributed by atoms with Crippen molar-refractivity contribution in [1.29, 1.82) is 0 Å². The van der Waals surface area contributed by atoms with Crippen LogP contribution in [0.2, 0.25) is 0 Å². The second-order valence-electron chi connectivity index (χ2n) is 5.87. The zero-order chi connectivity index (χ0) is 18.6. The Hall–Kier alpha value is -1.52. The Bertz CT molecular complexity index is 739. The van der Waals surface area contributed by atoms with Gasteiger partial charge >= 0.3 is 23.1 Å². The van der Waals surface area contributed by atoms with Crippen molar-refractivity contribution in [2.45, 2.75) is 0 Å². The Morgan fingerprint density at radius 2 is 0.750 bits per heavy atom. The van der Waals surface area contributed by atoms with Crippen LogP contribution in [0.25, 0.3) is 0 Å². The first-order valence-corrected chi connectivity index (χ1v) is 10.2. The largest absolute Gasteiger partial charge is 2.00 e. The summed E-state index contributed by atoms with van der Waals surface area (Å²) in [6.45, 7) is 0. The second-order valence-corrected chi connectivity index (χ2v) is 8.96. The third-order valence-corrected chi connectivity index (χ3v) is 7.93. The molecule has 0 aromatic heterocycles. The van der Waals surface area contributed by atoms with Gasteiger partial charge in [0, 0.05) is 0 Å². The van der Waals surface area contributed by atoms with Crippen LogP contribution in [0.5, 0.6) is 17.2 Å². The van der Waals surface area contributed by atoms with Crippen molar-refractivity contribution in [1.82, 2.24) is 0 Å². The monoisotopic (exact) mass is 468 g/mol. The first-order valence-electron chi connectivity index (χ1n) is 8.26. The minimum atomic E-state index is -3.40. The van der Waals surface area contributed by atoms with Crippen LogP contribution in [-0.2, 0) is 0 Å². The van der Waals surface area contributed by atoms with Crippen LogP contribution in [0.1, 0.15) is 0 Å². The van der Waals surface area contributed by atoms with Crippen molar-refractivity contribution in [3.63, 3.8) is 0 Å². The molecule has 0 aliphatic heterocycles. The van der Waals surface area contributed by atoms with E-state index in [1.54, 1.807) is 21.3 Å². The van der Waals surface area contributed by atoms with Crippen LogP contribution in [0, 0.1) is 0 Å². The summed E-state index contributed by atoms with van der Waals surface area (Å²) in [7, 11) is 1.44. The molecule has 0 amide bonds. The molecule has 0 saturated carbocycles. The first kappa shape index (κ1) is 24.5. The van der Waals surface area contributed by atoms with E-state index >= 15 is 0 Å². The van der Waals surface area contributed by atoms with E-state index in [0.29, 0.717) is 0 Å². The van der Waals surface area contributed by atoms with Gasteiger partial charge in [0.05, 0.1) is 29.6 Å². The molecule has 3 aromatic rings. The Labute approximate surface area is 193 Å². The quantitative estimate of drug-likeness (QED) is 0.300. The fourth-order valence-corrected chi connectivity index (χ4v) is 5.89. The number of benzene rings is 3. The second kappa shape index (κ2) is 10.9. The maximum atomic E-state index is 14.3. The van der Waals surface area contributed by atoms with E-state index in [9.17, 15) is 4.80 Å². The van der Waals surface area contributed by atoms with Gasteiger partial charge in [0.2, 0.25) is 0 Å². The molecule has 0 N–H and O–H groups in total.